The maximum absolute atomic E-state index is 10.3. The van der Waals surface area contributed by atoms with Crippen molar-refractivity contribution in [1.29, 1.82) is 5.41 Å². The first-order chi connectivity index (χ1) is 5.61. The molecule has 0 aliphatic carbocycles. The van der Waals surface area contributed by atoms with Gasteiger partial charge < -0.3 is 21.3 Å². The Morgan fingerprint density at radius 3 is 1.80 bits per heavy atom. The van der Waals surface area contributed by atoms with Crippen molar-refractivity contribution in [2.24, 2.45) is 5.73 Å². The van der Waals surface area contributed by atoms with Gasteiger partial charge in [-0.15, -0.1) is 0 Å². The summed E-state index contributed by atoms with van der Waals surface area (Å²) in [5.41, 5.74) is 4.59. The fourth-order valence-corrected chi connectivity index (χ4v) is 0.870. The van der Waals surface area contributed by atoms with Crippen LogP contribution in [0, 0.1) is 5.41 Å². The molecule has 0 aromatic carbocycles. The van der Waals surface area contributed by atoms with Gasteiger partial charge in [0.25, 0.3) is 0 Å². The molecular formula is C3H9N3Na2O6S. The van der Waals surface area contributed by atoms with Crippen molar-refractivity contribution in [2.45, 2.75) is 5.06 Å². The molecule has 0 fully saturated rings. The Morgan fingerprint density at radius 1 is 1.40 bits per heavy atom. The molecule has 80 valence electrons. The van der Waals surface area contributed by atoms with E-state index < -0.39 is 27.1 Å². The summed E-state index contributed by atoms with van der Waals surface area (Å²) in [5.74, 6) is -3.42. The number of carbonyl (C=O) groups is 1. The van der Waals surface area contributed by atoms with Gasteiger partial charge in [-0.05, 0) is 0 Å². The molecule has 0 amide bonds. The van der Waals surface area contributed by atoms with Crippen molar-refractivity contribution in [3.63, 3.8) is 0 Å². The number of aliphatic hydroxyl groups is 1. The third-order valence-corrected chi connectivity index (χ3v) is 1.99. The van der Waals surface area contributed by atoms with E-state index in [0.29, 0.717) is 0 Å². The van der Waals surface area contributed by atoms with E-state index in [-0.39, 0.29) is 59.1 Å². The van der Waals surface area contributed by atoms with E-state index in [9.17, 15) is 13.2 Å². The van der Waals surface area contributed by atoms with E-state index in [1.54, 1.807) is 0 Å². The molecule has 0 aromatic heterocycles. The third kappa shape index (κ3) is 5.47. The van der Waals surface area contributed by atoms with Gasteiger partial charge in [0.1, 0.15) is 0 Å². The molecule has 1 unspecified atom stereocenters. The van der Waals surface area contributed by atoms with Gasteiger partial charge in [0.15, 0.2) is 5.96 Å². The van der Waals surface area contributed by atoms with Crippen LogP contribution in [0.5, 0.6) is 0 Å². The zero-order valence-electron chi connectivity index (χ0n) is 6.05. The number of guanidine groups is 1. The minimum atomic E-state index is -5.33. The second-order valence-electron chi connectivity index (χ2n) is 1.96. The summed E-state index contributed by atoms with van der Waals surface area (Å²) in [6, 6.07) is 0. The minimum absolute atomic E-state index is 0. The number of nitrogens with one attached hydrogen (secondary N) is 2. The van der Waals surface area contributed by atoms with Crippen LogP contribution in [-0.4, -0.2) is 99.3 Å². The second-order valence-corrected chi connectivity index (χ2v) is 3.50. The number of hydrogen-bond donors (Lipinski definition) is 6. The third-order valence-electron chi connectivity index (χ3n) is 0.967. The first-order valence-corrected chi connectivity index (χ1v) is 4.10. The van der Waals surface area contributed by atoms with E-state index in [2.05, 4.69) is 5.73 Å². The molecule has 0 aliphatic heterocycles. The predicted octanol–water partition coefficient (Wildman–Crippen LogP) is -4.21. The number of aliphatic carboxylic acids is 1. The van der Waals surface area contributed by atoms with Gasteiger partial charge in [0.05, 0.1) is 0 Å². The van der Waals surface area contributed by atoms with Crippen LogP contribution in [0.15, 0.2) is 0 Å². The molecule has 15 heavy (non-hydrogen) atoms. The van der Waals surface area contributed by atoms with Gasteiger partial charge >= 0.3 is 80.3 Å². The molecule has 0 saturated heterocycles. The number of carboxylic acid groups (broad SMARTS) is 1. The van der Waals surface area contributed by atoms with Crippen LogP contribution in [0.25, 0.3) is 0 Å². The van der Waals surface area contributed by atoms with E-state index in [4.69, 9.17) is 20.2 Å². The number of carboxylic acids is 1. The van der Waals surface area contributed by atoms with Crippen molar-refractivity contribution in [3.8, 4) is 0 Å². The van der Waals surface area contributed by atoms with E-state index in [1.807, 2.05) is 0 Å². The average molecular weight is 261 g/mol. The van der Waals surface area contributed by atoms with E-state index in [1.165, 1.54) is 5.32 Å². The summed E-state index contributed by atoms with van der Waals surface area (Å²) in [6.45, 7) is 0. The first-order valence-electron chi connectivity index (χ1n) is 2.66. The van der Waals surface area contributed by atoms with Crippen molar-refractivity contribution in [2.75, 3.05) is 0 Å². The molecule has 0 saturated carbocycles. The molecule has 9 nitrogen and oxygen atoms in total. The molecule has 0 aromatic rings. The molecule has 0 bridgehead atoms. The molecule has 0 spiro atoms. The Morgan fingerprint density at radius 2 is 1.73 bits per heavy atom. The van der Waals surface area contributed by atoms with Crippen LogP contribution in [0.2, 0.25) is 0 Å². The van der Waals surface area contributed by atoms with E-state index >= 15 is 0 Å². The summed E-state index contributed by atoms with van der Waals surface area (Å²) >= 11 is 0. The average Bonchev–Trinajstić information content (AvgIpc) is 1.82. The van der Waals surface area contributed by atoms with Crippen molar-refractivity contribution >= 4 is 81.2 Å². The second kappa shape index (κ2) is 7.04. The fourth-order valence-electron chi connectivity index (χ4n) is 0.411. The Balaban J connectivity index is -0.000000720. The monoisotopic (exact) mass is 261 g/mol. The SMILES string of the molecule is N=C(N)NC(O)(C(=O)O)S(=O)(=O)O.[NaH].[NaH]. The molecule has 0 radical (unpaired) electrons. The van der Waals surface area contributed by atoms with Gasteiger partial charge in [-0.25, -0.2) is 4.79 Å². The van der Waals surface area contributed by atoms with Crippen LogP contribution >= 0.6 is 0 Å². The van der Waals surface area contributed by atoms with Gasteiger partial charge in [0, 0.05) is 0 Å². The fraction of sp³-hybridized carbons (Fsp3) is 0.333. The predicted molar refractivity (Wildman–Crippen MR) is 53.5 cm³/mol. The Labute approximate surface area is 129 Å². The Kier molecular flexibility index (Phi) is 9.83. The van der Waals surface area contributed by atoms with Gasteiger partial charge in [-0.3, -0.25) is 9.96 Å². The quantitative estimate of drug-likeness (QED) is 0.0974. The molecule has 0 aliphatic rings. The zero-order chi connectivity index (χ0) is 10.9. The van der Waals surface area contributed by atoms with Gasteiger partial charge in [-0.2, -0.15) is 8.42 Å². The van der Waals surface area contributed by atoms with Gasteiger partial charge in [0.2, 0.25) is 0 Å². The van der Waals surface area contributed by atoms with Crippen LogP contribution in [-0.2, 0) is 14.9 Å². The topological polar surface area (TPSA) is 174 Å². The number of rotatable bonds is 3. The number of nitrogens with two attached hydrogens (primary N) is 1. The Hall–Kier alpha value is 0.610. The van der Waals surface area contributed by atoms with Crippen molar-refractivity contribution < 1.29 is 28.0 Å². The normalized spacial score (nSPS) is 13.7. The summed E-state index contributed by atoms with van der Waals surface area (Å²) in [6.07, 6.45) is 0. The van der Waals surface area contributed by atoms with Crippen molar-refractivity contribution in [1.82, 2.24) is 5.32 Å². The molecule has 0 heterocycles. The van der Waals surface area contributed by atoms with Crippen LogP contribution in [0.3, 0.4) is 0 Å². The van der Waals surface area contributed by atoms with Gasteiger partial charge in [-0.1, -0.05) is 0 Å². The van der Waals surface area contributed by atoms with Crippen LogP contribution in [0.1, 0.15) is 0 Å². The molecule has 0 rings (SSSR count). The van der Waals surface area contributed by atoms with E-state index in [0.717, 1.165) is 0 Å². The molecular weight excluding hydrogens is 252 g/mol. The summed E-state index contributed by atoms with van der Waals surface area (Å²) in [5, 5.41) is 21.0. The molecule has 12 heteroatoms. The molecule has 1 atom stereocenters. The van der Waals surface area contributed by atoms with Crippen LogP contribution in [0.4, 0.5) is 0 Å². The maximum atomic E-state index is 10.3. The first kappa shape index (κ1) is 21.0. The standard InChI is InChI=1S/C3H7N3O6S.2Na.2H/c4-2(5)6-3(9,1(7)8)13(10,11)12;;;;/h9H,(H,7,8)(H4,4,5,6)(H,10,11,12);;;;. The summed E-state index contributed by atoms with van der Waals surface area (Å²) in [7, 11) is -5.33. The number of hydrogen-bond acceptors (Lipinski definition) is 5. The zero-order valence-corrected chi connectivity index (χ0v) is 6.87. The summed E-state index contributed by atoms with van der Waals surface area (Å²) < 4.78 is 29.0. The van der Waals surface area contributed by atoms with Crippen molar-refractivity contribution in [3.05, 3.63) is 0 Å². The molecule has 7 N–H and O–H groups in total. The van der Waals surface area contributed by atoms with Crippen LogP contribution < -0.4 is 11.1 Å². The Bertz CT molecular complexity index is 344. The summed E-state index contributed by atoms with van der Waals surface area (Å²) in [4.78, 5) is 10.2.